The molecule has 6 nitrogen and oxygen atoms in total. The quantitative estimate of drug-likeness (QED) is 0.410. The van der Waals surface area contributed by atoms with Crippen LogP contribution in [0, 0.1) is 0 Å². The van der Waals surface area contributed by atoms with Crippen LogP contribution in [0.15, 0.2) is 23.1 Å². The molecule has 0 spiro atoms. The molecule has 26 heavy (non-hydrogen) atoms. The Balaban J connectivity index is 2.22. The molecule has 0 saturated carbocycles. The van der Waals surface area contributed by atoms with Crippen LogP contribution >= 0.6 is 24.0 Å². The Morgan fingerprint density at radius 3 is 2.77 bits per heavy atom. The summed E-state index contributed by atoms with van der Waals surface area (Å²) in [6.45, 7) is 4.13. The van der Waals surface area contributed by atoms with Crippen molar-refractivity contribution in [1.29, 1.82) is 0 Å². The first kappa shape index (κ1) is 20.3. The van der Waals surface area contributed by atoms with Crippen LogP contribution in [0.5, 0.6) is 11.5 Å². The molecule has 0 aliphatic carbocycles. The molecule has 0 radical (unpaired) electrons. The van der Waals surface area contributed by atoms with Gasteiger partial charge in [-0.05, 0) is 37.1 Å². The number of carboxylic acid groups (broad SMARTS) is 1. The largest absolute Gasteiger partial charge is 0.493 e. The van der Waals surface area contributed by atoms with Gasteiger partial charge in [-0.2, -0.15) is 0 Å². The molecular weight excluding hydrogens is 374 g/mol. The number of hydrogen-bond donors (Lipinski definition) is 1. The summed E-state index contributed by atoms with van der Waals surface area (Å²) in [5.74, 6) is -0.288. The number of benzene rings is 1. The van der Waals surface area contributed by atoms with E-state index in [2.05, 4.69) is 6.92 Å². The molecule has 1 N–H and O–H groups in total. The van der Waals surface area contributed by atoms with Crippen molar-refractivity contribution in [2.75, 3.05) is 13.7 Å². The second kappa shape index (κ2) is 9.05. The lowest BCUT2D eigenvalue weighted by Crippen LogP contribution is -2.41. The van der Waals surface area contributed by atoms with Crippen LogP contribution in [0.25, 0.3) is 6.08 Å². The van der Waals surface area contributed by atoms with Gasteiger partial charge in [0, 0.05) is 0 Å². The molecule has 0 bridgehead atoms. The summed E-state index contributed by atoms with van der Waals surface area (Å²) in [6.07, 6.45) is 3.67. The topological polar surface area (TPSA) is 76.1 Å². The number of carbonyl (C=O) groups excluding carboxylic acids is 1. The van der Waals surface area contributed by atoms with Crippen LogP contribution in [-0.4, -0.2) is 46.0 Å². The van der Waals surface area contributed by atoms with E-state index in [4.69, 9.17) is 26.8 Å². The van der Waals surface area contributed by atoms with Gasteiger partial charge >= 0.3 is 5.97 Å². The standard InChI is InChI=1S/C18H21NO5S2/c1-4-5-8-24-13-7-6-12(9-14(13)23-3)10-15-16(20)19(18(25)26-15)11(2)17(21)22/h6-7,9-11H,4-5,8H2,1-3H3,(H,21,22)/b15-10-. The van der Waals surface area contributed by atoms with E-state index >= 15 is 0 Å². The van der Waals surface area contributed by atoms with Gasteiger partial charge in [-0.1, -0.05) is 43.4 Å². The second-order valence-corrected chi connectivity index (χ2v) is 7.35. The van der Waals surface area contributed by atoms with E-state index in [1.165, 1.54) is 6.92 Å². The number of thioether (sulfide) groups is 1. The summed E-state index contributed by atoms with van der Waals surface area (Å²) in [5, 5.41) is 9.13. The molecule has 1 fully saturated rings. The average Bonchev–Trinajstić information content (AvgIpc) is 2.88. The van der Waals surface area contributed by atoms with Crippen LogP contribution in [0.4, 0.5) is 0 Å². The molecule has 1 heterocycles. The minimum absolute atomic E-state index is 0.239. The number of rotatable bonds is 8. The molecule has 1 aliphatic rings. The minimum atomic E-state index is -1.10. The highest BCUT2D eigenvalue weighted by atomic mass is 32.2. The van der Waals surface area contributed by atoms with E-state index in [9.17, 15) is 9.59 Å². The molecule has 1 amide bonds. The van der Waals surface area contributed by atoms with Crippen LogP contribution in [0.1, 0.15) is 32.3 Å². The van der Waals surface area contributed by atoms with Crippen molar-refractivity contribution in [3.05, 3.63) is 28.7 Å². The number of hydrogen-bond acceptors (Lipinski definition) is 6. The summed E-state index contributed by atoms with van der Waals surface area (Å²) >= 11 is 6.24. The third-order valence-corrected chi connectivity index (χ3v) is 5.14. The SMILES string of the molecule is CCCCOc1ccc(/C=C2\SC(=S)N(C(C)C(=O)O)C2=O)cc1OC. The Morgan fingerprint density at radius 2 is 2.15 bits per heavy atom. The van der Waals surface area contributed by atoms with Crippen molar-refractivity contribution in [1.82, 2.24) is 4.90 Å². The number of carboxylic acids is 1. The van der Waals surface area contributed by atoms with Gasteiger partial charge in [0.1, 0.15) is 10.4 Å². The zero-order chi connectivity index (χ0) is 19.3. The van der Waals surface area contributed by atoms with Crippen molar-refractivity contribution in [2.45, 2.75) is 32.7 Å². The third-order valence-electron chi connectivity index (χ3n) is 3.81. The van der Waals surface area contributed by atoms with Gasteiger partial charge in [0.2, 0.25) is 0 Å². The highest BCUT2D eigenvalue weighted by molar-refractivity contribution is 8.26. The van der Waals surface area contributed by atoms with Gasteiger partial charge in [0.25, 0.3) is 5.91 Å². The Hall–Kier alpha value is -2.06. The average molecular weight is 396 g/mol. The van der Waals surface area contributed by atoms with Gasteiger partial charge < -0.3 is 14.6 Å². The zero-order valence-electron chi connectivity index (χ0n) is 14.9. The molecule has 1 aromatic rings. The number of thiocarbonyl (C=S) groups is 1. The second-order valence-electron chi connectivity index (χ2n) is 5.68. The van der Waals surface area contributed by atoms with Crippen molar-refractivity contribution in [2.24, 2.45) is 0 Å². The molecule has 140 valence electrons. The number of aliphatic carboxylic acids is 1. The van der Waals surface area contributed by atoms with E-state index in [1.807, 2.05) is 6.07 Å². The first-order valence-electron chi connectivity index (χ1n) is 8.19. The minimum Gasteiger partial charge on any atom is -0.493 e. The maximum Gasteiger partial charge on any atom is 0.326 e. The van der Waals surface area contributed by atoms with Crippen LogP contribution < -0.4 is 9.47 Å². The first-order chi connectivity index (χ1) is 12.4. The van der Waals surface area contributed by atoms with Crippen molar-refractivity contribution >= 4 is 46.3 Å². The van der Waals surface area contributed by atoms with Crippen molar-refractivity contribution in [3.8, 4) is 11.5 Å². The highest BCUT2D eigenvalue weighted by Crippen LogP contribution is 2.35. The van der Waals surface area contributed by atoms with Crippen molar-refractivity contribution in [3.63, 3.8) is 0 Å². The van der Waals surface area contributed by atoms with Gasteiger partial charge in [-0.15, -0.1) is 0 Å². The van der Waals surface area contributed by atoms with Crippen LogP contribution in [0.3, 0.4) is 0 Å². The van der Waals surface area contributed by atoms with Gasteiger partial charge in [0.15, 0.2) is 11.5 Å². The van der Waals surface area contributed by atoms with Crippen molar-refractivity contribution < 1.29 is 24.2 Å². The van der Waals surface area contributed by atoms with Gasteiger partial charge in [-0.25, -0.2) is 4.79 Å². The normalized spacial score (nSPS) is 16.9. The number of ether oxygens (including phenoxy) is 2. The number of amides is 1. The molecule has 1 aliphatic heterocycles. The smallest absolute Gasteiger partial charge is 0.326 e. The number of carbonyl (C=O) groups is 2. The number of nitrogens with zero attached hydrogens (tertiary/aromatic N) is 1. The van der Waals surface area contributed by atoms with Gasteiger partial charge in [0.05, 0.1) is 18.6 Å². The fraction of sp³-hybridized carbons (Fsp3) is 0.389. The summed E-state index contributed by atoms with van der Waals surface area (Å²) < 4.78 is 11.3. The third kappa shape index (κ3) is 4.56. The predicted molar refractivity (Wildman–Crippen MR) is 106 cm³/mol. The molecule has 1 aromatic carbocycles. The van der Waals surface area contributed by atoms with Crippen LogP contribution in [0.2, 0.25) is 0 Å². The summed E-state index contributed by atoms with van der Waals surface area (Å²) in [5.41, 5.74) is 0.744. The maximum atomic E-state index is 12.5. The monoisotopic (exact) mass is 395 g/mol. The van der Waals surface area contributed by atoms with Crippen LogP contribution in [-0.2, 0) is 9.59 Å². The Kier molecular flexibility index (Phi) is 7.05. The lowest BCUT2D eigenvalue weighted by Gasteiger charge is -2.18. The molecule has 2 rings (SSSR count). The molecule has 1 saturated heterocycles. The van der Waals surface area contributed by atoms with Gasteiger partial charge in [-0.3, -0.25) is 9.69 Å². The fourth-order valence-electron chi connectivity index (χ4n) is 2.30. The summed E-state index contributed by atoms with van der Waals surface area (Å²) in [6, 6.07) is 4.38. The lowest BCUT2D eigenvalue weighted by atomic mass is 10.1. The number of unbranched alkanes of at least 4 members (excludes halogenated alkanes) is 1. The molecule has 0 aromatic heterocycles. The van der Waals surface area contributed by atoms with E-state index in [0.29, 0.717) is 23.0 Å². The van der Waals surface area contributed by atoms with E-state index in [0.717, 1.165) is 35.1 Å². The predicted octanol–water partition coefficient (Wildman–Crippen LogP) is 3.55. The highest BCUT2D eigenvalue weighted by Gasteiger charge is 2.38. The Labute approximate surface area is 162 Å². The lowest BCUT2D eigenvalue weighted by molar-refractivity contribution is -0.144. The maximum absolute atomic E-state index is 12.5. The summed E-state index contributed by atoms with van der Waals surface area (Å²) in [4.78, 5) is 25.1. The van der Waals surface area contributed by atoms with E-state index in [-0.39, 0.29) is 4.32 Å². The van der Waals surface area contributed by atoms with E-state index < -0.39 is 17.9 Å². The van der Waals surface area contributed by atoms with E-state index in [1.54, 1.807) is 25.3 Å². The Morgan fingerprint density at radius 1 is 1.42 bits per heavy atom. The zero-order valence-corrected chi connectivity index (χ0v) is 16.5. The number of methoxy groups -OCH3 is 1. The summed E-state index contributed by atoms with van der Waals surface area (Å²) in [7, 11) is 1.56. The molecular formula is C18H21NO5S2. The Bertz CT molecular complexity index is 747. The first-order valence-corrected chi connectivity index (χ1v) is 9.42. The molecule has 1 atom stereocenters. The molecule has 8 heteroatoms. The molecule has 1 unspecified atom stereocenters. The fourth-order valence-corrected chi connectivity index (χ4v) is 3.71.